The highest BCUT2D eigenvalue weighted by molar-refractivity contribution is 7.97. The molecule has 2 aromatic heterocycles. The summed E-state index contributed by atoms with van der Waals surface area (Å²) in [6.45, 7) is 4.16. The van der Waals surface area contributed by atoms with Crippen molar-refractivity contribution in [1.29, 1.82) is 0 Å². The first kappa shape index (κ1) is 17.5. The van der Waals surface area contributed by atoms with Gasteiger partial charge in [0, 0.05) is 17.9 Å². The van der Waals surface area contributed by atoms with E-state index in [9.17, 15) is 18.0 Å². The number of aromatic nitrogens is 4. The van der Waals surface area contributed by atoms with E-state index in [1.807, 2.05) is 13.8 Å². The molecule has 0 fully saturated rings. The van der Waals surface area contributed by atoms with Gasteiger partial charge in [0.05, 0.1) is 11.9 Å². The summed E-state index contributed by atoms with van der Waals surface area (Å²) in [6, 6.07) is 5.13. The van der Waals surface area contributed by atoms with Crippen molar-refractivity contribution in [3.05, 3.63) is 46.5 Å². The Bertz CT molecular complexity index is 978. The molecule has 9 heteroatoms. The quantitative estimate of drug-likeness (QED) is 0.703. The van der Waals surface area contributed by atoms with Gasteiger partial charge in [-0.1, -0.05) is 25.1 Å². The number of aryl methyl sites for hydroxylation is 1. The number of imidazole rings is 1. The van der Waals surface area contributed by atoms with E-state index in [1.165, 1.54) is 28.5 Å². The van der Waals surface area contributed by atoms with Crippen molar-refractivity contribution in [2.45, 2.75) is 26.6 Å². The first-order chi connectivity index (χ1) is 11.9. The molecule has 1 aromatic carbocycles. The average molecular weight is 368 g/mol. The van der Waals surface area contributed by atoms with Crippen molar-refractivity contribution >= 4 is 23.1 Å². The lowest BCUT2D eigenvalue weighted by molar-refractivity contribution is -0.137. The lowest BCUT2D eigenvalue weighted by atomic mass is 10.1. The van der Waals surface area contributed by atoms with Gasteiger partial charge >= 0.3 is 6.18 Å². The van der Waals surface area contributed by atoms with Crippen molar-refractivity contribution in [2.75, 3.05) is 5.75 Å². The third-order valence-electron chi connectivity index (χ3n) is 3.67. The Balaban J connectivity index is 2.40. The molecule has 0 aliphatic heterocycles. The molecule has 0 aliphatic carbocycles. The Morgan fingerprint density at radius 3 is 2.56 bits per heavy atom. The Kier molecular flexibility index (Phi) is 4.59. The highest BCUT2D eigenvalue weighted by Gasteiger charge is 2.34. The molecule has 0 saturated carbocycles. The second-order valence-electron chi connectivity index (χ2n) is 5.20. The highest BCUT2D eigenvalue weighted by Crippen LogP contribution is 2.36. The van der Waals surface area contributed by atoms with E-state index in [0.717, 1.165) is 18.0 Å². The SMILES string of the molecule is CCSn1c(-c2ccccc2C(F)(F)F)nc2c(ncn2CC)c1=O. The maximum absolute atomic E-state index is 13.4. The van der Waals surface area contributed by atoms with Crippen LogP contribution in [0.15, 0.2) is 35.4 Å². The van der Waals surface area contributed by atoms with E-state index in [4.69, 9.17) is 0 Å². The molecule has 2 heterocycles. The normalized spacial score (nSPS) is 12.0. The Hall–Kier alpha value is -2.29. The summed E-state index contributed by atoms with van der Waals surface area (Å²) in [5, 5.41) is 0. The lowest BCUT2D eigenvalue weighted by Gasteiger charge is -2.15. The average Bonchev–Trinajstić information content (AvgIpc) is 3.00. The number of benzene rings is 1. The van der Waals surface area contributed by atoms with E-state index < -0.39 is 17.3 Å². The maximum atomic E-state index is 13.4. The zero-order chi connectivity index (χ0) is 18.2. The van der Waals surface area contributed by atoms with Gasteiger partial charge in [0.25, 0.3) is 5.56 Å². The maximum Gasteiger partial charge on any atom is 0.417 e. The van der Waals surface area contributed by atoms with Crippen LogP contribution in [0.5, 0.6) is 0 Å². The summed E-state index contributed by atoms with van der Waals surface area (Å²) >= 11 is 1.10. The van der Waals surface area contributed by atoms with Crippen LogP contribution in [0.2, 0.25) is 0 Å². The molecule has 25 heavy (non-hydrogen) atoms. The number of nitrogens with zero attached hydrogens (tertiary/aromatic N) is 4. The minimum Gasteiger partial charge on any atom is -0.315 e. The fraction of sp³-hybridized carbons (Fsp3) is 0.312. The Morgan fingerprint density at radius 2 is 1.92 bits per heavy atom. The van der Waals surface area contributed by atoms with Crippen LogP contribution in [-0.4, -0.2) is 24.3 Å². The van der Waals surface area contributed by atoms with Crippen LogP contribution in [0.4, 0.5) is 13.2 Å². The van der Waals surface area contributed by atoms with E-state index in [2.05, 4.69) is 9.97 Å². The van der Waals surface area contributed by atoms with Crippen LogP contribution >= 0.6 is 11.9 Å². The molecule has 5 nitrogen and oxygen atoms in total. The summed E-state index contributed by atoms with van der Waals surface area (Å²) < 4.78 is 43.1. The molecule has 0 amide bonds. The predicted octanol–water partition coefficient (Wildman–Crippen LogP) is 3.81. The largest absolute Gasteiger partial charge is 0.417 e. The van der Waals surface area contributed by atoms with Crippen molar-refractivity contribution in [1.82, 2.24) is 18.5 Å². The molecule has 3 aromatic rings. The Morgan fingerprint density at radius 1 is 1.20 bits per heavy atom. The van der Waals surface area contributed by atoms with Gasteiger partial charge in [-0.3, -0.25) is 4.79 Å². The number of hydrogen-bond acceptors (Lipinski definition) is 4. The molecule has 0 N–H and O–H groups in total. The minimum absolute atomic E-state index is 0.0209. The number of hydrogen-bond donors (Lipinski definition) is 0. The third kappa shape index (κ3) is 3.04. The molecule has 0 spiro atoms. The van der Waals surface area contributed by atoms with Crippen molar-refractivity contribution in [3.8, 4) is 11.4 Å². The number of rotatable bonds is 4. The molecule has 0 saturated heterocycles. The fourth-order valence-corrected chi connectivity index (χ4v) is 3.28. The van der Waals surface area contributed by atoms with Crippen LogP contribution in [0.1, 0.15) is 19.4 Å². The van der Waals surface area contributed by atoms with Gasteiger partial charge in [-0.15, -0.1) is 0 Å². The minimum atomic E-state index is -4.55. The molecule has 3 rings (SSSR count). The van der Waals surface area contributed by atoms with Crippen LogP contribution in [0.3, 0.4) is 0 Å². The monoisotopic (exact) mass is 368 g/mol. The van der Waals surface area contributed by atoms with Crippen molar-refractivity contribution < 1.29 is 13.2 Å². The lowest BCUT2D eigenvalue weighted by Crippen LogP contribution is -2.21. The zero-order valence-corrected chi connectivity index (χ0v) is 14.4. The van der Waals surface area contributed by atoms with Crippen LogP contribution in [0.25, 0.3) is 22.6 Å². The highest BCUT2D eigenvalue weighted by atomic mass is 32.2. The zero-order valence-electron chi connectivity index (χ0n) is 13.5. The number of alkyl halides is 3. The van der Waals surface area contributed by atoms with Gasteiger partial charge < -0.3 is 4.57 Å². The van der Waals surface area contributed by atoms with Gasteiger partial charge in [-0.05, 0) is 24.9 Å². The van der Waals surface area contributed by atoms with E-state index in [0.29, 0.717) is 12.3 Å². The topological polar surface area (TPSA) is 52.7 Å². The smallest absolute Gasteiger partial charge is 0.315 e. The molecule has 0 bridgehead atoms. The summed E-state index contributed by atoms with van der Waals surface area (Å²) in [6.07, 6.45) is -3.07. The standard InChI is InChI=1S/C16H15F3N4OS/c1-3-22-9-20-12-14(22)21-13(23(15(12)24)25-4-2)10-7-5-6-8-11(10)16(17,18)19/h5-9H,3-4H2,1-2H3. The number of halogens is 3. The summed E-state index contributed by atoms with van der Waals surface area (Å²) in [7, 11) is 0. The number of fused-ring (bicyclic) bond motifs is 1. The molecule has 0 atom stereocenters. The van der Waals surface area contributed by atoms with Crippen LogP contribution < -0.4 is 5.56 Å². The predicted molar refractivity (Wildman–Crippen MR) is 91.4 cm³/mol. The van der Waals surface area contributed by atoms with Gasteiger partial charge in [-0.2, -0.15) is 13.2 Å². The summed E-state index contributed by atoms with van der Waals surface area (Å²) in [4.78, 5) is 21.2. The first-order valence-electron chi connectivity index (χ1n) is 7.66. The first-order valence-corrected chi connectivity index (χ1v) is 8.60. The summed E-state index contributed by atoms with van der Waals surface area (Å²) in [5.41, 5.74) is -0.979. The molecule has 132 valence electrons. The van der Waals surface area contributed by atoms with Crippen molar-refractivity contribution in [3.63, 3.8) is 0 Å². The second kappa shape index (κ2) is 6.55. The van der Waals surface area contributed by atoms with Gasteiger partial charge in [0.15, 0.2) is 17.0 Å². The van der Waals surface area contributed by atoms with Crippen LogP contribution in [-0.2, 0) is 12.7 Å². The Labute approximate surface area is 145 Å². The molecular weight excluding hydrogens is 353 g/mol. The molecule has 0 unspecified atom stereocenters. The second-order valence-corrected chi connectivity index (χ2v) is 6.40. The molecule has 0 radical (unpaired) electrons. The van der Waals surface area contributed by atoms with E-state index >= 15 is 0 Å². The third-order valence-corrected chi connectivity index (χ3v) is 4.53. The van der Waals surface area contributed by atoms with Gasteiger partial charge in [0.2, 0.25) is 0 Å². The molecule has 0 aliphatic rings. The van der Waals surface area contributed by atoms with E-state index in [1.54, 1.807) is 4.57 Å². The van der Waals surface area contributed by atoms with Crippen molar-refractivity contribution in [2.24, 2.45) is 0 Å². The van der Waals surface area contributed by atoms with Gasteiger partial charge in [-0.25, -0.2) is 13.9 Å². The fourth-order valence-electron chi connectivity index (χ4n) is 2.56. The van der Waals surface area contributed by atoms with Crippen LogP contribution in [0, 0.1) is 0 Å². The molecular formula is C16H15F3N4OS. The van der Waals surface area contributed by atoms with Gasteiger partial charge in [0.1, 0.15) is 0 Å². The van der Waals surface area contributed by atoms with E-state index in [-0.39, 0.29) is 22.6 Å². The summed E-state index contributed by atoms with van der Waals surface area (Å²) in [5.74, 6) is 0.482.